The Morgan fingerprint density at radius 1 is 0.613 bits per heavy atom. The van der Waals surface area contributed by atoms with E-state index in [1.54, 1.807) is 22.3 Å². The lowest BCUT2D eigenvalue weighted by Gasteiger charge is -2.49. The highest BCUT2D eigenvalue weighted by Crippen LogP contribution is 2.57. The van der Waals surface area contributed by atoms with Gasteiger partial charge in [0, 0.05) is 0 Å². The normalized spacial score (nSPS) is 32.4. The highest BCUT2D eigenvalue weighted by Gasteiger charge is 2.61. The molecule has 160 valence electrons. The van der Waals surface area contributed by atoms with Gasteiger partial charge < -0.3 is 0 Å². The standard InChI is InChI=1S/C29H35N2/c1-3-11-20(12-4-1)30-19-31(21-13-5-2-6-14-21)29-27-24-17-9-7-15-22(24)26(28(29)30)23-16-8-10-18-25(23)27/h7-10,15-21,26-29H,1-6,11-14H2/q+1/t26?,27?,28-,29?/m0/s1. The van der Waals surface area contributed by atoms with E-state index >= 15 is 0 Å². The maximum atomic E-state index is 2.90. The first-order valence-corrected chi connectivity index (χ1v) is 13.0. The molecule has 0 saturated heterocycles. The van der Waals surface area contributed by atoms with E-state index < -0.39 is 0 Å². The molecular weight excluding hydrogens is 376 g/mol. The van der Waals surface area contributed by atoms with Crippen LogP contribution in [0.1, 0.15) is 98.3 Å². The van der Waals surface area contributed by atoms with E-state index in [0.717, 1.165) is 12.1 Å². The third kappa shape index (κ3) is 2.66. The molecular formula is C29H35N2+. The molecule has 2 nitrogen and oxygen atoms in total. The van der Waals surface area contributed by atoms with Crippen molar-refractivity contribution >= 4 is 6.34 Å². The first kappa shape index (κ1) is 18.5. The molecule has 2 atom stereocenters. The van der Waals surface area contributed by atoms with Gasteiger partial charge in [-0.05, 0) is 73.6 Å². The van der Waals surface area contributed by atoms with Crippen molar-refractivity contribution in [3.05, 3.63) is 70.8 Å². The van der Waals surface area contributed by atoms with Gasteiger partial charge in [-0.2, -0.15) is 0 Å². The first-order valence-electron chi connectivity index (χ1n) is 13.0. The van der Waals surface area contributed by atoms with E-state index in [2.05, 4.69) is 64.3 Å². The SMILES string of the molecule is C1=[N+](C2CCCCC2)[C@H]2C3c4ccccc4C(c4ccccc43)C2N1C1CCCCC1. The lowest BCUT2D eigenvalue weighted by atomic mass is 9.58. The van der Waals surface area contributed by atoms with Crippen molar-refractivity contribution in [2.45, 2.75) is 100 Å². The molecule has 0 N–H and O–H groups in total. The molecule has 1 aliphatic heterocycles. The lowest BCUT2D eigenvalue weighted by Crippen LogP contribution is -2.56. The molecule has 0 radical (unpaired) electrons. The van der Waals surface area contributed by atoms with Gasteiger partial charge in [0.1, 0.15) is 12.1 Å². The number of nitrogens with zero attached hydrogens (tertiary/aromatic N) is 2. The van der Waals surface area contributed by atoms with Crippen molar-refractivity contribution in [3.8, 4) is 0 Å². The van der Waals surface area contributed by atoms with E-state index in [1.807, 2.05) is 0 Å². The van der Waals surface area contributed by atoms with Crippen molar-refractivity contribution in [2.75, 3.05) is 0 Å². The molecule has 2 aromatic carbocycles. The zero-order valence-corrected chi connectivity index (χ0v) is 18.6. The molecule has 5 aliphatic carbocycles. The Morgan fingerprint density at radius 3 is 1.71 bits per heavy atom. The van der Waals surface area contributed by atoms with Crippen LogP contribution in [0.5, 0.6) is 0 Å². The fraction of sp³-hybridized carbons (Fsp3) is 0.552. The van der Waals surface area contributed by atoms with Gasteiger partial charge in [0.05, 0.1) is 23.9 Å². The Kier molecular flexibility index (Phi) is 4.30. The molecule has 2 fully saturated rings. The van der Waals surface area contributed by atoms with Gasteiger partial charge in [0.15, 0.2) is 0 Å². The van der Waals surface area contributed by atoms with Crippen molar-refractivity contribution < 1.29 is 4.58 Å². The maximum Gasteiger partial charge on any atom is 0.235 e. The van der Waals surface area contributed by atoms with E-state index in [9.17, 15) is 0 Å². The van der Waals surface area contributed by atoms with Crippen molar-refractivity contribution in [1.29, 1.82) is 0 Å². The largest absolute Gasteiger partial charge is 0.258 e. The molecule has 0 aromatic heterocycles. The summed E-state index contributed by atoms with van der Waals surface area (Å²) in [5.74, 6) is 1.04. The van der Waals surface area contributed by atoms with Gasteiger partial charge in [-0.3, -0.25) is 9.48 Å². The number of hydrogen-bond donors (Lipinski definition) is 0. The summed E-state index contributed by atoms with van der Waals surface area (Å²) in [6.45, 7) is 0. The second-order valence-corrected chi connectivity index (χ2v) is 10.8. The Bertz CT molecular complexity index is 963. The van der Waals surface area contributed by atoms with Crippen LogP contribution in [0, 0.1) is 0 Å². The predicted octanol–water partition coefficient (Wildman–Crippen LogP) is 6.04. The van der Waals surface area contributed by atoms with Crippen LogP contribution in [0.25, 0.3) is 0 Å². The summed E-state index contributed by atoms with van der Waals surface area (Å²) in [5, 5.41) is 0. The quantitative estimate of drug-likeness (QED) is 0.546. The van der Waals surface area contributed by atoms with E-state index in [4.69, 9.17) is 0 Å². The smallest absolute Gasteiger partial charge is 0.235 e. The predicted molar refractivity (Wildman–Crippen MR) is 126 cm³/mol. The van der Waals surface area contributed by atoms with Gasteiger partial charge in [-0.15, -0.1) is 0 Å². The summed E-state index contributed by atoms with van der Waals surface area (Å²) in [6, 6.07) is 21.6. The first-order chi connectivity index (χ1) is 15.4. The Balaban J connectivity index is 1.41. The Hall–Kier alpha value is -2.09. The van der Waals surface area contributed by atoms with Gasteiger partial charge in [-0.1, -0.05) is 61.4 Å². The topological polar surface area (TPSA) is 6.25 Å². The third-order valence-corrected chi connectivity index (χ3v) is 9.31. The van der Waals surface area contributed by atoms with Crippen LogP contribution in [-0.2, 0) is 0 Å². The molecule has 2 aromatic rings. The molecule has 0 amide bonds. The van der Waals surface area contributed by atoms with Crippen molar-refractivity contribution in [3.63, 3.8) is 0 Å². The average molecular weight is 412 g/mol. The lowest BCUT2D eigenvalue weighted by molar-refractivity contribution is -0.599. The van der Waals surface area contributed by atoms with Gasteiger partial charge in [0.25, 0.3) is 0 Å². The minimum atomic E-state index is 0.522. The summed E-state index contributed by atoms with van der Waals surface area (Å²) in [6.07, 6.45) is 16.7. The van der Waals surface area contributed by atoms with Crippen LogP contribution in [0.2, 0.25) is 0 Å². The van der Waals surface area contributed by atoms with Crippen LogP contribution in [0.3, 0.4) is 0 Å². The monoisotopic (exact) mass is 411 g/mol. The van der Waals surface area contributed by atoms with Crippen LogP contribution >= 0.6 is 0 Å². The minimum Gasteiger partial charge on any atom is -0.258 e. The van der Waals surface area contributed by atoms with E-state index in [-0.39, 0.29) is 0 Å². The fourth-order valence-electron chi connectivity index (χ4n) is 8.06. The molecule has 1 heterocycles. The zero-order chi connectivity index (χ0) is 20.4. The second-order valence-electron chi connectivity index (χ2n) is 10.8. The number of benzene rings is 2. The number of hydrogen-bond acceptors (Lipinski definition) is 1. The van der Waals surface area contributed by atoms with E-state index in [0.29, 0.717) is 23.9 Å². The molecule has 6 aliphatic rings. The summed E-state index contributed by atoms with van der Waals surface area (Å²) >= 11 is 0. The number of rotatable bonds is 2. The molecule has 8 rings (SSSR count). The second kappa shape index (κ2) is 7.22. The molecule has 2 bridgehead atoms. The fourth-order valence-corrected chi connectivity index (χ4v) is 8.06. The average Bonchev–Trinajstić information content (AvgIpc) is 3.26. The van der Waals surface area contributed by atoms with Gasteiger partial charge >= 0.3 is 0 Å². The highest BCUT2D eigenvalue weighted by atomic mass is 15.4. The Labute approximate surface area is 187 Å². The van der Waals surface area contributed by atoms with Crippen LogP contribution in [-0.4, -0.2) is 40.0 Å². The van der Waals surface area contributed by atoms with E-state index in [1.165, 1.54) is 64.2 Å². The maximum absolute atomic E-state index is 2.90. The van der Waals surface area contributed by atoms with Gasteiger partial charge in [-0.25, -0.2) is 0 Å². The Morgan fingerprint density at radius 2 is 1.13 bits per heavy atom. The van der Waals surface area contributed by atoms with Gasteiger partial charge in [0.2, 0.25) is 6.34 Å². The van der Waals surface area contributed by atoms with Crippen molar-refractivity contribution in [2.24, 2.45) is 0 Å². The molecule has 2 saturated carbocycles. The summed E-state index contributed by atoms with van der Waals surface area (Å²) < 4.78 is 2.90. The molecule has 31 heavy (non-hydrogen) atoms. The minimum absolute atomic E-state index is 0.522. The summed E-state index contributed by atoms with van der Waals surface area (Å²) in [4.78, 5) is 2.90. The third-order valence-electron chi connectivity index (χ3n) is 9.31. The molecule has 0 spiro atoms. The highest BCUT2D eigenvalue weighted by molar-refractivity contribution is 5.63. The van der Waals surface area contributed by atoms with Crippen LogP contribution in [0.4, 0.5) is 0 Å². The summed E-state index contributed by atoms with van der Waals surface area (Å²) in [5.41, 5.74) is 6.47. The molecule has 1 unspecified atom stereocenters. The summed E-state index contributed by atoms with van der Waals surface area (Å²) in [7, 11) is 0. The zero-order valence-electron chi connectivity index (χ0n) is 18.6. The van der Waals surface area contributed by atoms with Crippen LogP contribution in [0.15, 0.2) is 48.5 Å². The van der Waals surface area contributed by atoms with Crippen molar-refractivity contribution in [1.82, 2.24) is 4.90 Å². The molecule has 2 heteroatoms. The van der Waals surface area contributed by atoms with Crippen LogP contribution < -0.4 is 0 Å².